The van der Waals surface area contributed by atoms with Crippen LogP contribution < -0.4 is 0 Å². The number of ether oxygens (including phenoxy) is 1. The fourth-order valence-electron chi connectivity index (χ4n) is 2.91. The van der Waals surface area contributed by atoms with Crippen LogP contribution in [0.25, 0.3) is 0 Å². The van der Waals surface area contributed by atoms with E-state index in [1.54, 1.807) is 0 Å². The van der Waals surface area contributed by atoms with E-state index in [2.05, 4.69) is 33.8 Å². The molecule has 0 radical (unpaired) electrons. The van der Waals surface area contributed by atoms with Gasteiger partial charge in [0.05, 0.1) is 19.8 Å². The summed E-state index contributed by atoms with van der Waals surface area (Å²) in [4.78, 5) is 0. The van der Waals surface area contributed by atoms with Crippen molar-refractivity contribution in [2.75, 3.05) is 19.8 Å². The number of rotatable bonds is 16. The maximum absolute atomic E-state index is 9.63. The van der Waals surface area contributed by atoms with Gasteiger partial charge in [0, 0.05) is 0 Å². The molecule has 0 spiro atoms. The molecule has 4 atom stereocenters. The van der Waals surface area contributed by atoms with Crippen LogP contribution in [-0.4, -0.2) is 58.6 Å². The first-order valence-electron chi connectivity index (χ1n) is 10.2. The molecule has 0 aliphatic heterocycles. The smallest absolute Gasteiger partial charge is 0.110 e. The van der Waals surface area contributed by atoms with E-state index in [9.17, 15) is 15.3 Å². The predicted octanol–water partition coefficient (Wildman–Crippen LogP) is 3.05. The summed E-state index contributed by atoms with van der Waals surface area (Å²) in [6.07, 6.45) is 6.59. The molecular weight excluding hydrogens is 332 g/mol. The minimum Gasteiger partial charge on any atom is -0.394 e. The number of aliphatic hydroxyl groups is 4. The molecule has 0 aromatic rings. The number of hydrogen-bond donors (Lipinski definition) is 4. The minimum atomic E-state index is -1.39. The normalized spacial score (nSPS) is 17.3. The highest BCUT2D eigenvalue weighted by atomic mass is 16.5. The van der Waals surface area contributed by atoms with Gasteiger partial charge in [-0.1, -0.05) is 58.1 Å². The Morgan fingerprint density at radius 2 is 1.62 bits per heavy atom. The van der Waals surface area contributed by atoms with Gasteiger partial charge < -0.3 is 25.2 Å². The van der Waals surface area contributed by atoms with Crippen LogP contribution in [0.5, 0.6) is 0 Å². The van der Waals surface area contributed by atoms with Crippen molar-refractivity contribution >= 4 is 0 Å². The van der Waals surface area contributed by atoms with Crippen molar-refractivity contribution in [3.05, 3.63) is 11.6 Å². The minimum absolute atomic E-state index is 0.0565. The van der Waals surface area contributed by atoms with Crippen LogP contribution in [0.1, 0.15) is 72.6 Å². The Kier molecular flexibility index (Phi) is 15.3. The highest BCUT2D eigenvalue weighted by Gasteiger charge is 2.23. The van der Waals surface area contributed by atoms with Crippen molar-refractivity contribution in [1.29, 1.82) is 0 Å². The highest BCUT2D eigenvalue weighted by molar-refractivity contribution is 4.97. The van der Waals surface area contributed by atoms with E-state index in [4.69, 9.17) is 9.84 Å². The standard InChI is InChI=1S/C21H42O5/c1-16(2)8-5-9-17(3)10-6-11-18(4)12-7-13-26-15-20(24)21(25)19(23)14-22/h12,16-17,19-25H,5-11,13-15H2,1-4H3. The van der Waals surface area contributed by atoms with E-state index in [1.165, 1.54) is 37.7 Å². The molecule has 26 heavy (non-hydrogen) atoms. The van der Waals surface area contributed by atoms with Crippen molar-refractivity contribution in [2.24, 2.45) is 11.8 Å². The molecule has 5 nitrogen and oxygen atoms in total. The summed E-state index contributed by atoms with van der Waals surface area (Å²) < 4.78 is 5.32. The van der Waals surface area contributed by atoms with Gasteiger partial charge in [-0.05, 0) is 38.0 Å². The fourth-order valence-corrected chi connectivity index (χ4v) is 2.91. The number of hydrogen-bond acceptors (Lipinski definition) is 5. The molecule has 4 unspecified atom stereocenters. The van der Waals surface area contributed by atoms with Crippen LogP contribution in [0.4, 0.5) is 0 Å². The van der Waals surface area contributed by atoms with Crippen LogP contribution in [0, 0.1) is 11.8 Å². The Balaban J connectivity index is 3.73. The first-order valence-corrected chi connectivity index (χ1v) is 10.2. The summed E-state index contributed by atoms with van der Waals surface area (Å²) in [5.41, 5.74) is 1.36. The second-order valence-electron chi connectivity index (χ2n) is 8.04. The van der Waals surface area contributed by atoms with E-state index < -0.39 is 24.9 Å². The van der Waals surface area contributed by atoms with Gasteiger partial charge in [-0.15, -0.1) is 0 Å². The van der Waals surface area contributed by atoms with Gasteiger partial charge in [-0.25, -0.2) is 0 Å². The third-order valence-corrected chi connectivity index (χ3v) is 4.77. The van der Waals surface area contributed by atoms with Gasteiger partial charge >= 0.3 is 0 Å². The number of aliphatic hydroxyl groups excluding tert-OH is 4. The second-order valence-corrected chi connectivity index (χ2v) is 8.04. The molecule has 5 heteroatoms. The third kappa shape index (κ3) is 13.7. The van der Waals surface area contributed by atoms with E-state index in [1.807, 2.05) is 0 Å². The van der Waals surface area contributed by atoms with E-state index in [-0.39, 0.29) is 6.61 Å². The predicted molar refractivity (Wildman–Crippen MR) is 106 cm³/mol. The SMILES string of the molecule is CC(=CCCOCC(O)C(O)C(O)CO)CCCC(C)CCCC(C)C. The molecule has 0 saturated heterocycles. The molecule has 0 amide bonds. The van der Waals surface area contributed by atoms with Gasteiger partial charge in [0.2, 0.25) is 0 Å². The zero-order chi connectivity index (χ0) is 19.9. The number of allylic oxidation sites excluding steroid dienone is 1. The molecule has 0 aliphatic carbocycles. The maximum Gasteiger partial charge on any atom is 0.110 e. The van der Waals surface area contributed by atoms with Crippen molar-refractivity contribution in [1.82, 2.24) is 0 Å². The molecular formula is C21H42O5. The lowest BCUT2D eigenvalue weighted by molar-refractivity contribution is -0.0992. The van der Waals surface area contributed by atoms with Crippen molar-refractivity contribution < 1.29 is 25.2 Å². The summed E-state index contributed by atoms with van der Waals surface area (Å²) in [5, 5.41) is 37.1. The molecule has 156 valence electrons. The zero-order valence-corrected chi connectivity index (χ0v) is 17.2. The molecule has 0 aromatic heterocycles. The largest absolute Gasteiger partial charge is 0.394 e. The second kappa shape index (κ2) is 15.6. The Morgan fingerprint density at radius 3 is 2.23 bits per heavy atom. The third-order valence-electron chi connectivity index (χ3n) is 4.77. The maximum atomic E-state index is 9.63. The van der Waals surface area contributed by atoms with E-state index in [0.29, 0.717) is 6.61 Å². The van der Waals surface area contributed by atoms with Gasteiger partial charge in [-0.2, -0.15) is 0 Å². The first kappa shape index (κ1) is 25.5. The van der Waals surface area contributed by atoms with Gasteiger partial charge in [-0.3, -0.25) is 0 Å². The fraction of sp³-hybridized carbons (Fsp3) is 0.905. The summed E-state index contributed by atoms with van der Waals surface area (Å²) in [6.45, 7) is 8.87. The van der Waals surface area contributed by atoms with Crippen LogP contribution in [0.15, 0.2) is 11.6 Å². The topological polar surface area (TPSA) is 90.2 Å². The summed E-state index contributed by atoms with van der Waals surface area (Å²) in [7, 11) is 0. The lowest BCUT2D eigenvalue weighted by atomic mass is 9.94. The van der Waals surface area contributed by atoms with Gasteiger partial charge in [0.15, 0.2) is 0 Å². The van der Waals surface area contributed by atoms with Crippen molar-refractivity contribution in [3.63, 3.8) is 0 Å². The van der Waals surface area contributed by atoms with Crippen LogP contribution in [-0.2, 0) is 4.74 Å². The monoisotopic (exact) mass is 374 g/mol. The molecule has 0 fully saturated rings. The zero-order valence-electron chi connectivity index (χ0n) is 17.2. The van der Waals surface area contributed by atoms with E-state index >= 15 is 0 Å². The van der Waals surface area contributed by atoms with Crippen molar-refractivity contribution in [3.8, 4) is 0 Å². The molecule has 0 rings (SSSR count). The molecule has 0 heterocycles. The Morgan fingerprint density at radius 1 is 0.962 bits per heavy atom. The first-order chi connectivity index (χ1) is 12.3. The average Bonchev–Trinajstić information content (AvgIpc) is 2.59. The molecule has 0 saturated carbocycles. The van der Waals surface area contributed by atoms with Crippen LogP contribution >= 0.6 is 0 Å². The van der Waals surface area contributed by atoms with Crippen LogP contribution in [0.3, 0.4) is 0 Å². The molecule has 0 aromatic carbocycles. The molecule has 0 bridgehead atoms. The Hall–Kier alpha value is -0.460. The summed E-state index contributed by atoms with van der Waals surface area (Å²) in [5.74, 6) is 1.60. The van der Waals surface area contributed by atoms with E-state index in [0.717, 1.165) is 24.7 Å². The Labute approximate surface area is 160 Å². The lowest BCUT2D eigenvalue weighted by Crippen LogP contribution is -2.41. The Bertz CT molecular complexity index is 356. The average molecular weight is 375 g/mol. The van der Waals surface area contributed by atoms with Gasteiger partial charge in [0.25, 0.3) is 0 Å². The highest BCUT2D eigenvalue weighted by Crippen LogP contribution is 2.19. The summed E-state index contributed by atoms with van der Waals surface area (Å²) in [6, 6.07) is 0. The van der Waals surface area contributed by atoms with Crippen LogP contribution in [0.2, 0.25) is 0 Å². The van der Waals surface area contributed by atoms with Gasteiger partial charge in [0.1, 0.15) is 18.3 Å². The molecule has 0 aliphatic rings. The quantitative estimate of drug-likeness (QED) is 0.246. The summed E-state index contributed by atoms with van der Waals surface area (Å²) >= 11 is 0. The van der Waals surface area contributed by atoms with Crippen molar-refractivity contribution in [2.45, 2.75) is 91.0 Å². The molecule has 4 N–H and O–H groups in total. The lowest BCUT2D eigenvalue weighted by Gasteiger charge is -2.21.